The van der Waals surface area contributed by atoms with Gasteiger partial charge in [0.25, 0.3) is 0 Å². The predicted octanol–water partition coefficient (Wildman–Crippen LogP) is 8.84. The van der Waals surface area contributed by atoms with E-state index in [0.717, 1.165) is 34.5 Å². The molecule has 1 heteroatoms. The molecule has 0 aliphatic heterocycles. The van der Waals surface area contributed by atoms with Gasteiger partial charge in [-0.25, -0.2) is 0 Å². The van der Waals surface area contributed by atoms with Crippen LogP contribution in [0.5, 0.6) is 0 Å². The molecule has 0 aliphatic carbocycles. The number of rotatable bonds is 7. The maximum Gasteiger partial charge on any atom is 0.0384 e. The molecule has 0 amide bonds. The Morgan fingerprint density at radius 2 is 1.37 bits per heavy atom. The first kappa shape index (κ1) is 25.0. The zero-order chi connectivity index (χ0) is 22.7. The topological polar surface area (TPSA) is 12.0 Å². The third-order valence-electron chi connectivity index (χ3n) is 4.94. The van der Waals surface area contributed by atoms with E-state index in [1.165, 1.54) is 22.3 Å². The van der Waals surface area contributed by atoms with Gasteiger partial charge in [-0.2, -0.15) is 0 Å². The predicted molar refractivity (Wildman–Crippen MR) is 138 cm³/mol. The third-order valence-corrected chi connectivity index (χ3v) is 4.94. The number of allylic oxidation sites excluding steroid dienone is 6. The van der Waals surface area contributed by atoms with Crippen LogP contribution in [-0.4, -0.2) is 0 Å². The van der Waals surface area contributed by atoms with Crippen LogP contribution < -0.4 is 5.32 Å². The van der Waals surface area contributed by atoms with Gasteiger partial charge in [-0.05, 0) is 69.9 Å². The highest BCUT2D eigenvalue weighted by Crippen LogP contribution is 2.20. The van der Waals surface area contributed by atoms with Crippen LogP contribution in [0.3, 0.4) is 0 Å². The Kier molecular flexibility index (Phi) is 10.4. The van der Waals surface area contributed by atoms with E-state index in [-0.39, 0.29) is 0 Å². The summed E-state index contributed by atoms with van der Waals surface area (Å²) in [5.74, 6) is 0. The number of hydrogen-bond acceptors (Lipinski definition) is 1. The van der Waals surface area contributed by atoms with Crippen LogP contribution in [-0.2, 0) is 6.42 Å². The van der Waals surface area contributed by atoms with E-state index in [4.69, 9.17) is 0 Å². The third kappa shape index (κ3) is 8.53. The molecule has 2 aromatic rings. The summed E-state index contributed by atoms with van der Waals surface area (Å²) in [6.07, 6.45) is 5.07. The molecule has 0 spiro atoms. The van der Waals surface area contributed by atoms with Gasteiger partial charge in [0.2, 0.25) is 0 Å². The van der Waals surface area contributed by atoms with Crippen LogP contribution in [0, 0.1) is 0 Å². The Balaban J connectivity index is 0.000000382. The van der Waals surface area contributed by atoms with Gasteiger partial charge in [0.15, 0.2) is 0 Å². The zero-order valence-corrected chi connectivity index (χ0v) is 19.6. The van der Waals surface area contributed by atoms with Gasteiger partial charge in [0.1, 0.15) is 0 Å². The Morgan fingerprint density at radius 3 is 1.80 bits per heavy atom. The van der Waals surface area contributed by atoms with E-state index < -0.39 is 0 Å². The monoisotopic (exact) mass is 399 g/mol. The normalized spacial score (nSPS) is 10.4. The van der Waals surface area contributed by atoms with Gasteiger partial charge in [-0.15, -0.1) is 0 Å². The first-order valence-electron chi connectivity index (χ1n) is 10.4. The molecule has 0 fully saturated rings. The maximum atomic E-state index is 4.10. The number of nitrogens with one attached hydrogen (secondary N) is 1. The number of hydrogen-bond donors (Lipinski definition) is 1. The second-order valence-corrected chi connectivity index (χ2v) is 7.79. The largest absolute Gasteiger partial charge is 0.356 e. The first-order valence-corrected chi connectivity index (χ1v) is 10.4. The summed E-state index contributed by atoms with van der Waals surface area (Å²) >= 11 is 0. The Labute approximate surface area is 184 Å². The van der Waals surface area contributed by atoms with Crippen molar-refractivity contribution in [3.8, 4) is 0 Å². The van der Waals surface area contributed by atoms with Crippen molar-refractivity contribution in [2.24, 2.45) is 0 Å². The minimum Gasteiger partial charge on any atom is -0.356 e. The molecule has 0 atom stereocenters. The lowest BCUT2D eigenvalue weighted by Crippen LogP contribution is -1.97. The SMILES string of the molecule is C=C(C)c1ccc(NC(=C)c2ccc(CC)cc2)cc1.C=C/C(C)=C\C(C)=C(C)C. The van der Waals surface area contributed by atoms with E-state index in [1.54, 1.807) is 0 Å². The molecule has 0 radical (unpaired) electrons. The highest BCUT2D eigenvalue weighted by Gasteiger charge is 2.00. The van der Waals surface area contributed by atoms with E-state index in [0.29, 0.717) is 0 Å². The molecule has 0 unspecified atom stereocenters. The fourth-order valence-electron chi connectivity index (χ4n) is 2.57. The molecule has 1 nitrogen and oxygen atoms in total. The highest BCUT2D eigenvalue weighted by molar-refractivity contribution is 5.76. The van der Waals surface area contributed by atoms with Gasteiger partial charge in [0, 0.05) is 11.4 Å². The fourth-order valence-corrected chi connectivity index (χ4v) is 2.57. The van der Waals surface area contributed by atoms with Crippen LogP contribution >= 0.6 is 0 Å². The van der Waals surface area contributed by atoms with Gasteiger partial charge < -0.3 is 5.32 Å². The first-order chi connectivity index (χ1) is 14.2. The summed E-state index contributed by atoms with van der Waals surface area (Å²) in [5.41, 5.74) is 10.6. The van der Waals surface area contributed by atoms with Crippen LogP contribution in [0.1, 0.15) is 58.2 Å². The summed E-state index contributed by atoms with van der Waals surface area (Å²) in [4.78, 5) is 0. The molecular weight excluding hydrogens is 362 g/mol. The van der Waals surface area contributed by atoms with Crippen molar-refractivity contribution < 1.29 is 0 Å². The summed E-state index contributed by atoms with van der Waals surface area (Å²) in [6.45, 7) is 24.3. The smallest absolute Gasteiger partial charge is 0.0384 e. The van der Waals surface area contributed by atoms with Gasteiger partial charge in [0.05, 0.1) is 0 Å². The molecule has 158 valence electrons. The summed E-state index contributed by atoms with van der Waals surface area (Å²) < 4.78 is 0. The van der Waals surface area contributed by atoms with Crippen molar-refractivity contribution in [3.05, 3.63) is 114 Å². The molecule has 0 heterocycles. The maximum absolute atomic E-state index is 4.10. The molecule has 2 rings (SSSR count). The van der Waals surface area contributed by atoms with E-state index in [1.807, 2.05) is 13.0 Å². The van der Waals surface area contributed by atoms with Crippen LogP contribution in [0.4, 0.5) is 5.69 Å². The van der Waals surface area contributed by atoms with Crippen molar-refractivity contribution >= 4 is 17.0 Å². The lowest BCUT2D eigenvalue weighted by atomic mass is 10.1. The number of benzene rings is 2. The minimum atomic E-state index is 0.913. The summed E-state index contributed by atoms with van der Waals surface area (Å²) in [5, 5.41) is 3.34. The quantitative estimate of drug-likeness (QED) is 0.458. The summed E-state index contributed by atoms with van der Waals surface area (Å²) in [7, 11) is 0. The van der Waals surface area contributed by atoms with E-state index in [9.17, 15) is 0 Å². The average molecular weight is 400 g/mol. The standard InChI is InChI=1S/C19H21N.C10H16/c1-5-16-6-8-18(9-7-16)15(4)20-19-12-10-17(11-13-19)14(2)3;1-6-9(4)7-10(5)8(2)3/h6-13,20H,2,4-5H2,1,3H3;6-7H,1H2,2-5H3/b;9-7-. The van der Waals surface area contributed by atoms with E-state index >= 15 is 0 Å². The zero-order valence-electron chi connectivity index (χ0n) is 19.6. The number of anilines is 1. The van der Waals surface area contributed by atoms with Gasteiger partial charge in [-0.1, -0.05) is 97.5 Å². The average Bonchev–Trinajstić information content (AvgIpc) is 2.74. The van der Waals surface area contributed by atoms with Crippen molar-refractivity contribution in [2.75, 3.05) is 5.32 Å². The molecule has 0 saturated heterocycles. The van der Waals surface area contributed by atoms with Crippen LogP contribution in [0.25, 0.3) is 11.3 Å². The second kappa shape index (κ2) is 12.5. The number of aryl methyl sites for hydroxylation is 1. The fraction of sp³-hybridized carbons (Fsp3) is 0.241. The Hall–Kier alpha value is -3.06. The molecule has 1 N–H and O–H groups in total. The van der Waals surface area contributed by atoms with Crippen molar-refractivity contribution in [2.45, 2.75) is 48.0 Å². The highest BCUT2D eigenvalue weighted by atomic mass is 14.9. The van der Waals surface area contributed by atoms with Crippen LogP contribution in [0.15, 0.2) is 97.1 Å². The van der Waals surface area contributed by atoms with Crippen LogP contribution in [0.2, 0.25) is 0 Å². The van der Waals surface area contributed by atoms with Gasteiger partial charge >= 0.3 is 0 Å². The minimum absolute atomic E-state index is 0.913. The molecule has 30 heavy (non-hydrogen) atoms. The molecule has 0 aliphatic rings. The van der Waals surface area contributed by atoms with Gasteiger partial charge in [-0.3, -0.25) is 0 Å². The molecule has 2 aromatic carbocycles. The Bertz CT molecular complexity index is 915. The lowest BCUT2D eigenvalue weighted by molar-refractivity contribution is 1.14. The molecule has 0 aromatic heterocycles. The van der Waals surface area contributed by atoms with Crippen molar-refractivity contribution in [1.29, 1.82) is 0 Å². The molecule has 0 saturated carbocycles. The van der Waals surface area contributed by atoms with Crippen molar-refractivity contribution in [1.82, 2.24) is 0 Å². The Morgan fingerprint density at radius 1 is 0.833 bits per heavy atom. The summed E-state index contributed by atoms with van der Waals surface area (Å²) in [6, 6.07) is 16.7. The molecular formula is C29H37N. The molecule has 0 bridgehead atoms. The van der Waals surface area contributed by atoms with Crippen molar-refractivity contribution in [3.63, 3.8) is 0 Å². The van der Waals surface area contributed by atoms with E-state index in [2.05, 4.69) is 114 Å². The lowest BCUT2D eigenvalue weighted by Gasteiger charge is -2.11. The second-order valence-electron chi connectivity index (χ2n) is 7.79.